The first-order valence-corrected chi connectivity index (χ1v) is 9.98. The highest BCUT2D eigenvalue weighted by molar-refractivity contribution is 5.94. The first-order valence-electron chi connectivity index (χ1n) is 9.98. The van der Waals surface area contributed by atoms with Crippen LogP contribution in [0.5, 0.6) is 17.2 Å². The zero-order valence-corrected chi connectivity index (χ0v) is 17.1. The summed E-state index contributed by atoms with van der Waals surface area (Å²) in [6.07, 6.45) is 4.15. The smallest absolute Gasteiger partial charge is 0.251 e. The Morgan fingerprint density at radius 3 is 2.39 bits per heavy atom. The molecule has 0 heterocycles. The van der Waals surface area contributed by atoms with Crippen molar-refractivity contribution in [2.75, 3.05) is 20.3 Å². The predicted octanol–water partition coefficient (Wildman–Crippen LogP) is 4.98. The lowest BCUT2D eigenvalue weighted by molar-refractivity contribution is 0.0950. The molecule has 0 aliphatic carbocycles. The van der Waals surface area contributed by atoms with Crippen LogP contribution in [-0.4, -0.2) is 26.2 Å². The van der Waals surface area contributed by atoms with Crippen LogP contribution in [0.3, 0.4) is 0 Å². The van der Waals surface area contributed by atoms with Crippen LogP contribution >= 0.6 is 0 Å². The molecule has 0 unspecified atom stereocenters. The monoisotopic (exact) mass is 385 g/mol. The SMILES string of the molecule is CCCCOc1cccc(C(=O)NCc2ccc(OCCCC)c(OC)c2)c1. The standard InChI is InChI=1S/C23H31NO4/c1-4-6-13-27-20-10-8-9-19(16-20)23(25)24-17-18-11-12-21(22(15-18)26-3)28-14-7-5-2/h8-12,15-16H,4-7,13-14,17H2,1-3H3,(H,24,25). The number of ether oxygens (including phenoxy) is 3. The number of nitrogens with one attached hydrogen (secondary N) is 1. The molecule has 2 aromatic rings. The fourth-order valence-electron chi connectivity index (χ4n) is 2.61. The second-order valence-corrected chi connectivity index (χ2v) is 6.60. The number of hydrogen-bond donors (Lipinski definition) is 1. The molecule has 5 nitrogen and oxygen atoms in total. The normalized spacial score (nSPS) is 10.4. The van der Waals surface area contributed by atoms with Crippen molar-refractivity contribution in [3.63, 3.8) is 0 Å². The molecule has 2 rings (SSSR count). The minimum Gasteiger partial charge on any atom is -0.494 e. The number of amides is 1. The highest BCUT2D eigenvalue weighted by atomic mass is 16.5. The first-order chi connectivity index (χ1) is 13.7. The zero-order valence-electron chi connectivity index (χ0n) is 17.1. The molecule has 0 bridgehead atoms. The Bertz CT molecular complexity index is 745. The van der Waals surface area contributed by atoms with Crippen LogP contribution in [0.1, 0.15) is 55.5 Å². The summed E-state index contributed by atoms with van der Waals surface area (Å²) in [7, 11) is 1.62. The van der Waals surface area contributed by atoms with E-state index < -0.39 is 0 Å². The van der Waals surface area contributed by atoms with E-state index in [-0.39, 0.29) is 5.91 Å². The van der Waals surface area contributed by atoms with Gasteiger partial charge < -0.3 is 19.5 Å². The van der Waals surface area contributed by atoms with Gasteiger partial charge in [0.15, 0.2) is 11.5 Å². The van der Waals surface area contributed by atoms with Gasteiger partial charge >= 0.3 is 0 Å². The van der Waals surface area contributed by atoms with Crippen molar-refractivity contribution in [3.8, 4) is 17.2 Å². The summed E-state index contributed by atoms with van der Waals surface area (Å²) >= 11 is 0. The molecule has 28 heavy (non-hydrogen) atoms. The van der Waals surface area contributed by atoms with Gasteiger partial charge in [0.05, 0.1) is 20.3 Å². The fraction of sp³-hybridized carbons (Fsp3) is 0.435. The van der Waals surface area contributed by atoms with Crippen LogP contribution in [0.2, 0.25) is 0 Å². The van der Waals surface area contributed by atoms with Gasteiger partial charge in [-0.1, -0.05) is 38.8 Å². The summed E-state index contributed by atoms with van der Waals surface area (Å²) in [4.78, 5) is 12.5. The average Bonchev–Trinajstić information content (AvgIpc) is 2.73. The van der Waals surface area contributed by atoms with Crippen molar-refractivity contribution in [1.29, 1.82) is 0 Å². The van der Waals surface area contributed by atoms with Crippen molar-refractivity contribution < 1.29 is 19.0 Å². The summed E-state index contributed by atoms with van der Waals surface area (Å²) in [6, 6.07) is 13.0. The van der Waals surface area contributed by atoms with Crippen LogP contribution in [0.4, 0.5) is 0 Å². The first kappa shape index (κ1) is 21.6. The van der Waals surface area contributed by atoms with Crippen molar-refractivity contribution in [3.05, 3.63) is 53.6 Å². The summed E-state index contributed by atoms with van der Waals surface area (Å²) in [6.45, 7) is 5.98. The van der Waals surface area contributed by atoms with E-state index in [0.717, 1.165) is 42.7 Å². The third kappa shape index (κ3) is 6.80. The second-order valence-electron chi connectivity index (χ2n) is 6.60. The third-order valence-electron chi connectivity index (χ3n) is 4.30. The Morgan fingerprint density at radius 1 is 0.929 bits per heavy atom. The minimum atomic E-state index is -0.136. The van der Waals surface area contributed by atoms with Gasteiger partial charge in [-0.3, -0.25) is 4.79 Å². The maximum Gasteiger partial charge on any atom is 0.251 e. The van der Waals surface area contributed by atoms with Gasteiger partial charge in [-0.25, -0.2) is 0 Å². The minimum absolute atomic E-state index is 0.136. The van der Waals surface area contributed by atoms with E-state index in [1.165, 1.54) is 0 Å². The Balaban J connectivity index is 1.94. The van der Waals surface area contributed by atoms with Crippen molar-refractivity contribution in [1.82, 2.24) is 5.32 Å². The van der Waals surface area contributed by atoms with Gasteiger partial charge in [0.1, 0.15) is 5.75 Å². The largest absolute Gasteiger partial charge is 0.494 e. The Kier molecular flexibility index (Phi) is 9.19. The van der Waals surface area contributed by atoms with Gasteiger partial charge in [0.2, 0.25) is 0 Å². The zero-order chi connectivity index (χ0) is 20.2. The topological polar surface area (TPSA) is 56.8 Å². The highest BCUT2D eigenvalue weighted by Gasteiger charge is 2.09. The van der Waals surface area contributed by atoms with E-state index in [0.29, 0.717) is 31.1 Å². The maximum absolute atomic E-state index is 12.5. The summed E-state index contributed by atoms with van der Waals surface area (Å²) in [5, 5.41) is 2.94. The van der Waals surface area contributed by atoms with Crippen LogP contribution in [0, 0.1) is 0 Å². The second kappa shape index (κ2) is 11.9. The van der Waals surface area contributed by atoms with Gasteiger partial charge in [0.25, 0.3) is 5.91 Å². The van der Waals surface area contributed by atoms with Crippen molar-refractivity contribution in [2.24, 2.45) is 0 Å². The maximum atomic E-state index is 12.5. The molecule has 152 valence electrons. The molecule has 0 saturated carbocycles. The molecule has 2 aromatic carbocycles. The molecule has 5 heteroatoms. The van der Waals surface area contributed by atoms with E-state index in [1.54, 1.807) is 19.2 Å². The number of methoxy groups -OCH3 is 1. The Hall–Kier alpha value is -2.69. The van der Waals surface area contributed by atoms with Crippen molar-refractivity contribution in [2.45, 2.75) is 46.1 Å². The summed E-state index contributed by atoms with van der Waals surface area (Å²) in [5.74, 6) is 1.98. The molecule has 0 aliphatic heterocycles. The van der Waals surface area contributed by atoms with E-state index in [2.05, 4.69) is 19.2 Å². The van der Waals surface area contributed by atoms with E-state index >= 15 is 0 Å². The van der Waals surface area contributed by atoms with Crippen molar-refractivity contribution >= 4 is 5.91 Å². The Morgan fingerprint density at radius 2 is 1.68 bits per heavy atom. The number of rotatable bonds is 12. The molecule has 0 aromatic heterocycles. The molecule has 0 fully saturated rings. The van der Waals surface area contributed by atoms with Gasteiger partial charge in [0, 0.05) is 12.1 Å². The van der Waals surface area contributed by atoms with Crippen LogP contribution in [0.15, 0.2) is 42.5 Å². The van der Waals surface area contributed by atoms with Gasteiger partial charge in [-0.15, -0.1) is 0 Å². The molecular weight excluding hydrogens is 354 g/mol. The van der Waals surface area contributed by atoms with Crippen LogP contribution in [-0.2, 0) is 6.54 Å². The van der Waals surface area contributed by atoms with E-state index in [4.69, 9.17) is 14.2 Å². The molecule has 0 atom stereocenters. The van der Waals surface area contributed by atoms with Crippen LogP contribution in [0.25, 0.3) is 0 Å². The molecule has 1 amide bonds. The number of unbranched alkanes of at least 4 members (excludes halogenated alkanes) is 2. The number of carbonyl (C=O) groups is 1. The van der Waals surface area contributed by atoms with Crippen LogP contribution < -0.4 is 19.5 Å². The van der Waals surface area contributed by atoms with Gasteiger partial charge in [-0.2, -0.15) is 0 Å². The third-order valence-corrected chi connectivity index (χ3v) is 4.30. The predicted molar refractivity (Wildman–Crippen MR) is 111 cm³/mol. The molecule has 1 N–H and O–H groups in total. The lowest BCUT2D eigenvalue weighted by Crippen LogP contribution is -2.22. The molecule has 0 spiro atoms. The number of benzene rings is 2. The molecule has 0 aliphatic rings. The van der Waals surface area contributed by atoms with Gasteiger partial charge in [-0.05, 0) is 48.7 Å². The van der Waals surface area contributed by atoms with E-state index in [1.807, 2.05) is 30.3 Å². The highest BCUT2D eigenvalue weighted by Crippen LogP contribution is 2.28. The van der Waals surface area contributed by atoms with E-state index in [9.17, 15) is 4.79 Å². The molecule has 0 saturated heterocycles. The lowest BCUT2D eigenvalue weighted by Gasteiger charge is -2.13. The average molecular weight is 386 g/mol. The number of hydrogen-bond acceptors (Lipinski definition) is 4. The summed E-state index contributed by atoms with van der Waals surface area (Å²) < 4.78 is 16.8. The quantitative estimate of drug-likeness (QED) is 0.523. The summed E-state index contributed by atoms with van der Waals surface area (Å²) in [5.41, 5.74) is 1.53. The number of carbonyl (C=O) groups excluding carboxylic acids is 1. The molecule has 0 radical (unpaired) electrons. The fourth-order valence-corrected chi connectivity index (χ4v) is 2.61. The molecular formula is C23H31NO4. The lowest BCUT2D eigenvalue weighted by atomic mass is 10.1. The Labute approximate surface area is 168 Å².